The lowest BCUT2D eigenvalue weighted by atomic mass is 10.0. The van der Waals surface area contributed by atoms with Crippen LogP contribution in [-0.2, 0) is 12.8 Å². The Morgan fingerprint density at radius 1 is 1.24 bits per heavy atom. The molecule has 1 aliphatic heterocycles. The third-order valence-electron chi connectivity index (χ3n) is 3.48. The van der Waals surface area contributed by atoms with Gasteiger partial charge in [-0.3, -0.25) is 9.80 Å². The van der Waals surface area contributed by atoms with Crippen molar-refractivity contribution >= 4 is 18.3 Å². The highest BCUT2D eigenvalue weighted by molar-refractivity contribution is 5.96. The Bertz CT molecular complexity index is 427. The molecular formula is C13H17ClN2O. The standard InChI is InChI=1S/C13H16N2O.ClH/c16-13(15-9-3-8-14-15)12-7-2-5-10-4-1-6-11(10)12;/h2,5,7,14H,1,3-4,6,8-9H2;1H. The number of amides is 1. The van der Waals surface area contributed by atoms with Crippen molar-refractivity contribution in [3.63, 3.8) is 0 Å². The third-order valence-corrected chi connectivity index (χ3v) is 3.48. The molecule has 1 N–H and O–H groups in total. The molecule has 1 heterocycles. The number of nitrogens with zero attached hydrogens (tertiary/aromatic N) is 1. The van der Waals surface area contributed by atoms with Crippen molar-refractivity contribution in [1.29, 1.82) is 0 Å². The van der Waals surface area contributed by atoms with Crippen LogP contribution in [0.2, 0.25) is 0 Å². The number of benzene rings is 1. The maximum absolute atomic E-state index is 12.3. The molecule has 0 spiro atoms. The van der Waals surface area contributed by atoms with Gasteiger partial charge in [0.25, 0.3) is 5.91 Å². The topological polar surface area (TPSA) is 32.3 Å². The summed E-state index contributed by atoms with van der Waals surface area (Å²) in [4.78, 5) is 12.3. The van der Waals surface area contributed by atoms with Gasteiger partial charge in [0.05, 0.1) is 0 Å². The zero-order valence-corrected chi connectivity index (χ0v) is 10.6. The predicted molar refractivity (Wildman–Crippen MR) is 69.4 cm³/mol. The summed E-state index contributed by atoms with van der Waals surface area (Å²) in [6.07, 6.45) is 4.43. The van der Waals surface area contributed by atoms with E-state index in [0.717, 1.165) is 37.9 Å². The number of carbonyl (C=O) groups is 1. The van der Waals surface area contributed by atoms with Gasteiger partial charge in [-0.2, -0.15) is 0 Å². The molecule has 92 valence electrons. The highest BCUT2D eigenvalue weighted by Gasteiger charge is 2.24. The van der Waals surface area contributed by atoms with Gasteiger partial charge >= 0.3 is 0 Å². The Balaban J connectivity index is 0.00000108. The summed E-state index contributed by atoms with van der Waals surface area (Å²) in [5, 5.41) is 1.76. The molecule has 4 heteroatoms. The normalized spacial score (nSPS) is 17.8. The highest BCUT2D eigenvalue weighted by atomic mass is 35.5. The number of carbonyl (C=O) groups excluding carboxylic acids is 1. The Kier molecular flexibility index (Phi) is 3.69. The summed E-state index contributed by atoms with van der Waals surface area (Å²) in [5.41, 5.74) is 6.68. The highest BCUT2D eigenvalue weighted by Crippen LogP contribution is 2.26. The second-order valence-corrected chi connectivity index (χ2v) is 4.52. The van der Waals surface area contributed by atoms with Crippen molar-refractivity contribution in [1.82, 2.24) is 10.4 Å². The van der Waals surface area contributed by atoms with E-state index < -0.39 is 0 Å². The zero-order valence-electron chi connectivity index (χ0n) is 9.74. The molecule has 2 aliphatic rings. The van der Waals surface area contributed by atoms with E-state index in [2.05, 4.69) is 11.5 Å². The molecule has 1 amide bonds. The van der Waals surface area contributed by atoms with Crippen LogP contribution < -0.4 is 5.43 Å². The van der Waals surface area contributed by atoms with Crippen molar-refractivity contribution in [2.24, 2.45) is 0 Å². The van der Waals surface area contributed by atoms with Crippen molar-refractivity contribution in [2.75, 3.05) is 13.1 Å². The smallest absolute Gasteiger partial charge is 0.268 e. The molecule has 0 bridgehead atoms. The van der Waals surface area contributed by atoms with E-state index in [0.29, 0.717) is 0 Å². The Morgan fingerprint density at radius 2 is 2.12 bits per heavy atom. The van der Waals surface area contributed by atoms with Gasteiger partial charge in [-0.25, -0.2) is 5.43 Å². The molecule has 1 fully saturated rings. The SMILES string of the molecule is Cl.O=C(c1cccc2c1CCC2)N1CCCN1. The van der Waals surface area contributed by atoms with E-state index in [1.54, 1.807) is 5.01 Å². The number of nitrogens with one attached hydrogen (secondary N) is 1. The van der Waals surface area contributed by atoms with Crippen LogP contribution in [-0.4, -0.2) is 24.0 Å². The summed E-state index contributed by atoms with van der Waals surface area (Å²) in [6, 6.07) is 6.12. The van der Waals surface area contributed by atoms with Gasteiger partial charge in [-0.05, 0) is 42.9 Å². The molecule has 0 unspecified atom stereocenters. The summed E-state index contributed by atoms with van der Waals surface area (Å²) in [7, 11) is 0. The fourth-order valence-corrected chi connectivity index (χ4v) is 2.67. The minimum atomic E-state index is 0. The molecule has 0 atom stereocenters. The molecular weight excluding hydrogens is 236 g/mol. The fourth-order valence-electron chi connectivity index (χ4n) is 2.67. The van der Waals surface area contributed by atoms with E-state index in [1.165, 1.54) is 17.5 Å². The van der Waals surface area contributed by atoms with E-state index in [-0.39, 0.29) is 18.3 Å². The molecule has 3 rings (SSSR count). The minimum Gasteiger partial charge on any atom is -0.274 e. The first-order valence-corrected chi connectivity index (χ1v) is 6.02. The van der Waals surface area contributed by atoms with Crippen LogP contribution >= 0.6 is 12.4 Å². The molecule has 0 radical (unpaired) electrons. The van der Waals surface area contributed by atoms with Crippen LogP contribution in [0.15, 0.2) is 18.2 Å². The fraction of sp³-hybridized carbons (Fsp3) is 0.462. The Morgan fingerprint density at radius 3 is 2.88 bits per heavy atom. The summed E-state index contributed by atoms with van der Waals surface area (Å²) < 4.78 is 0. The van der Waals surface area contributed by atoms with Crippen molar-refractivity contribution in [3.05, 3.63) is 34.9 Å². The third kappa shape index (κ3) is 2.17. The molecule has 1 aromatic rings. The lowest BCUT2D eigenvalue weighted by Gasteiger charge is -2.17. The van der Waals surface area contributed by atoms with Crippen LogP contribution in [0.5, 0.6) is 0 Å². The van der Waals surface area contributed by atoms with Crippen LogP contribution in [0.25, 0.3) is 0 Å². The number of hydrogen-bond acceptors (Lipinski definition) is 2. The van der Waals surface area contributed by atoms with E-state index in [9.17, 15) is 4.79 Å². The quantitative estimate of drug-likeness (QED) is 0.829. The first-order chi connectivity index (χ1) is 7.86. The maximum atomic E-state index is 12.3. The second-order valence-electron chi connectivity index (χ2n) is 4.52. The number of rotatable bonds is 1. The minimum absolute atomic E-state index is 0. The van der Waals surface area contributed by atoms with E-state index >= 15 is 0 Å². The predicted octanol–water partition coefficient (Wildman–Crippen LogP) is 1.95. The number of aryl methyl sites for hydroxylation is 1. The van der Waals surface area contributed by atoms with E-state index in [4.69, 9.17) is 0 Å². The van der Waals surface area contributed by atoms with Crippen LogP contribution in [0.3, 0.4) is 0 Å². The van der Waals surface area contributed by atoms with E-state index in [1.807, 2.05) is 12.1 Å². The van der Waals surface area contributed by atoms with Gasteiger partial charge in [0.1, 0.15) is 0 Å². The number of fused-ring (bicyclic) bond motifs is 1. The molecule has 0 saturated carbocycles. The summed E-state index contributed by atoms with van der Waals surface area (Å²) in [6.45, 7) is 1.75. The average Bonchev–Trinajstić information content (AvgIpc) is 2.98. The average molecular weight is 253 g/mol. The number of halogens is 1. The van der Waals surface area contributed by atoms with Crippen molar-refractivity contribution in [2.45, 2.75) is 25.7 Å². The van der Waals surface area contributed by atoms with Crippen molar-refractivity contribution in [3.8, 4) is 0 Å². The van der Waals surface area contributed by atoms with Crippen LogP contribution in [0.4, 0.5) is 0 Å². The molecule has 1 aliphatic carbocycles. The van der Waals surface area contributed by atoms with Gasteiger partial charge in [0.15, 0.2) is 0 Å². The van der Waals surface area contributed by atoms with Gasteiger partial charge in [0.2, 0.25) is 0 Å². The first kappa shape index (κ1) is 12.4. The van der Waals surface area contributed by atoms with Gasteiger partial charge in [0, 0.05) is 18.7 Å². The Hall–Kier alpha value is -1.06. The summed E-state index contributed by atoms with van der Waals surface area (Å²) >= 11 is 0. The molecule has 0 aromatic heterocycles. The van der Waals surface area contributed by atoms with Crippen molar-refractivity contribution < 1.29 is 4.79 Å². The second kappa shape index (κ2) is 5.07. The maximum Gasteiger partial charge on any atom is 0.268 e. The lowest BCUT2D eigenvalue weighted by molar-refractivity contribution is 0.0725. The molecule has 3 nitrogen and oxygen atoms in total. The monoisotopic (exact) mass is 252 g/mol. The van der Waals surface area contributed by atoms with Gasteiger partial charge in [-0.1, -0.05) is 12.1 Å². The first-order valence-electron chi connectivity index (χ1n) is 6.02. The lowest BCUT2D eigenvalue weighted by Crippen LogP contribution is -2.37. The largest absolute Gasteiger partial charge is 0.274 e. The zero-order chi connectivity index (χ0) is 11.0. The number of hydrazine groups is 1. The molecule has 1 aromatic carbocycles. The molecule has 1 saturated heterocycles. The number of hydrogen-bond donors (Lipinski definition) is 1. The van der Waals surface area contributed by atoms with Crippen LogP contribution in [0, 0.1) is 0 Å². The van der Waals surface area contributed by atoms with Crippen LogP contribution in [0.1, 0.15) is 34.3 Å². The summed E-state index contributed by atoms with van der Waals surface area (Å²) in [5.74, 6) is 0.149. The Labute approximate surface area is 108 Å². The van der Waals surface area contributed by atoms with Gasteiger partial charge in [-0.15, -0.1) is 12.4 Å². The van der Waals surface area contributed by atoms with Gasteiger partial charge < -0.3 is 0 Å². The molecule has 17 heavy (non-hydrogen) atoms.